The van der Waals surface area contributed by atoms with Crippen LogP contribution in [-0.4, -0.2) is 47.0 Å². The number of rotatable bonds is 2. The van der Waals surface area contributed by atoms with Gasteiger partial charge in [0.25, 0.3) is 5.69 Å². The lowest BCUT2D eigenvalue weighted by Gasteiger charge is -2.42. The van der Waals surface area contributed by atoms with Gasteiger partial charge < -0.3 is 10.1 Å². The lowest BCUT2D eigenvalue weighted by atomic mass is 9.88. The van der Waals surface area contributed by atoms with Crippen LogP contribution in [0, 0.1) is 16.0 Å². The van der Waals surface area contributed by atoms with Crippen molar-refractivity contribution in [3.63, 3.8) is 0 Å². The SMILES string of the molecule is CN1C(=O)C2C(c3cccc([N+](=O)[O-])c3)Nc3ccccc3OC2N(C)C1=O. The lowest BCUT2D eigenvalue weighted by Crippen LogP contribution is -2.62. The second-order valence-electron chi connectivity index (χ2n) is 6.80. The number of imide groups is 1. The maximum absolute atomic E-state index is 13.0. The Morgan fingerprint density at radius 1 is 1.11 bits per heavy atom. The minimum atomic E-state index is -0.850. The van der Waals surface area contributed by atoms with Crippen molar-refractivity contribution in [2.24, 2.45) is 5.92 Å². The van der Waals surface area contributed by atoms with Gasteiger partial charge in [-0.25, -0.2) is 4.79 Å². The van der Waals surface area contributed by atoms with Crippen LogP contribution in [-0.2, 0) is 4.79 Å². The molecule has 0 bridgehead atoms. The maximum atomic E-state index is 13.0. The molecule has 2 aromatic rings. The standard InChI is InChI=1S/C19H18N4O5/c1-21-17(24)15-16(11-6-5-7-12(10-11)23(26)27)20-13-8-3-4-9-14(13)28-18(15)22(2)19(21)25/h3-10,15-16,18,20H,1-2H3. The van der Waals surface area contributed by atoms with E-state index in [0.717, 1.165) is 4.90 Å². The summed E-state index contributed by atoms with van der Waals surface area (Å²) in [5, 5.41) is 14.5. The summed E-state index contributed by atoms with van der Waals surface area (Å²) in [6.45, 7) is 0. The molecular formula is C19H18N4O5. The number of nitrogens with zero attached hydrogens (tertiary/aromatic N) is 3. The number of nitrogens with one attached hydrogen (secondary N) is 1. The van der Waals surface area contributed by atoms with Crippen molar-refractivity contribution < 1.29 is 19.2 Å². The van der Waals surface area contributed by atoms with Crippen molar-refractivity contribution in [2.75, 3.05) is 19.4 Å². The molecule has 4 rings (SSSR count). The van der Waals surface area contributed by atoms with Crippen LogP contribution in [0.25, 0.3) is 0 Å². The van der Waals surface area contributed by atoms with Crippen molar-refractivity contribution in [3.05, 3.63) is 64.2 Å². The summed E-state index contributed by atoms with van der Waals surface area (Å²) in [5.74, 6) is -0.700. The molecule has 0 radical (unpaired) electrons. The summed E-state index contributed by atoms with van der Waals surface area (Å²) in [7, 11) is 2.99. The summed E-state index contributed by atoms with van der Waals surface area (Å²) in [5.41, 5.74) is 1.13. The Hall–Kier alpha value is -3.62. The number of hydrogen-bond donors (Lipinski definition) is 1. The number of fused-ring (bicyclic) bond motifs is 2. The van der Waals surface area contributed by atoms with Gasteiger partial charge in [0.2, 0.25) is 5.91 Å². The van der Waals surface area contributed by atoms with Crippen molar-refractivity contribution in [2.45, 2.75) is 12.3 Å². The van der Waals surface area contributed by atoms with Gasteiger partial charge in [0.15, 0.2) is 6.23 Å². The van der Waals surface area contributed by atoms with E-state index < -0.39 is 35.0 Å². The van der Waals surface area contributed by atoms with E-state index >= 15 is 0 Å². The van der Waals surface area contributed by atoms with Crippen LogP contribution in [0.4, 0.5) is 16.2 Å². The Bertz CT molecular complexity index is 978. The van der Waals surface area contributed by atoms with Gasteiger partial charge >= 0.3 is 6.03 Å². The van der Waals surface area contributed by atoms with E-state index in [9.17, 15) is 19.7 Å². The molecule has 2 aromatic carbocycles. The van der Waals surface area contributed by atoms with E-state index in [2.05, 4.69) is 5.32 Å². The summed E-state index contributed by atoms with van der Waals surface area (Å²) < 4.78 is 6.05. The molecule has 2 aliphatic rings. The first-order valence-electron chi connectivity index (χ1n) is 8.69. The third-order valence-electron chi connectivity index (χ3n) is 5.14. The number of ether oxygens (including phenoxy) is 1. The molecule has 1 saturated heterocycles. The van der Waals surface area contributed by atoms with E-state index in [1.54, 1.807) is 37.4 Å². The first-order chi connectivity index (χ1) is 13.4. The zero-order chi connectivity index (χ0) is 20.0. The van der Waals surface area contributed by atoms with E-state index in [4.69, 9.17) is 4.74 Å². The smallest absolute Gasteiger partial charge is 0.329 e. The summed E-state index contributed by atoms with van der Waals surface area (Å²) in [4.78, 5) is 38.7. The van der Waals surface area contributed by atoms with Crippen LogP contribution in [0.1, 0.15) is 11.6 Å². The minimum Gasteiger partial charge on any atom is -0.467 e. The van der Waals surface area contributed by atoms with Gasteiger partial charge in [-0.05, 0) is 17.7 Å². The number of amides is 3. The topological polar surface area (TPSA) is 105 Å². The Kier molecular flexibility index (Phi) is 4.14. The Balaban J connectivity index is 1.87. The van der Waals surface area contributed by atoms with Gasteiger partial charge in [0.05, 0.1) is 16.7 Å². The van der Waals surface area contributed by atoms with Gasteiger partial charge in [0, 0.05) is 26.2 Å². The summed E-state index contributed by atoms with van der Waals surface area (Å²) in [6.07, 6.45) is -0.850. The first-order valence-corrected chi connectivity index (χ1v) is 8.69. The van der Waals surface area contributed by atoms with Crippen LogP contribution < -0.4 is 10.1 Å². The second-order valence-corrected chi connectivity index (χ2v) is 6.80. The molecule has 9 nitrogen and oxygen atoms in total. The molecule has 3 amide bonds. The molecule has 28 heavy (non-hydrogen) atoms. The number of non-ortho nitro benzene ring substituents is 1. The molecule has 2 heterocycles. The number of anilines is 1. The zero-order valence-corrected chi connectivity index (χ0v) is 15.2. The predicted octanol–water partition coefficient (Wildman–Crippen LogP) is 2.61. The number of nitro benzene ring substituents is 1. The van der Waals surface area contributed by atoms with Crippen LogP contribution >= 0.6 is 0 Å². The van der Waals surface area contributed by atoms with Crippen molar-refractivity contribution >= 4 is 23.3 Å². The third kappa shape index (κ3) is 2.72. The normalized spacial score (nSPS) is 23.9. The molecule has 0 saturated carbocycles. The highest BCUT2D eigenvalue weighted by Crippen LogP contribution is 2.42. The fraction of sp³-hybridized carbons (Fsp3) is 0.263. The van der Waals surface area contributed by atoms with Crippen LogP contribution in [0.15, 0.2) is 48.5 Å². The number of nitro groups is 1. The van der Waals surface area contributed by atoms with Crippen molar-refractivity contribution in [1.29, 1.82) is 0 Å². The van der Waals surface area contributed by atoms with Gasteiger partial charge in [-0.3, -0.25) is 24.7 Å². The molecule has 0 spiro atoms. The molecule has 3 atom stereocenters. The number of hydrogen-bond acceptors (Lipinski definition) is 6. The summed E-state index contributed by atoms with van der Waals surface area (Å²) >= 11 is 0. The van der Waals surface area contributed by atoms with Crippen LogP contribution in [0.3, 0.4) is 0 Å². The molecule has 144 valence electrons. The van der Waals surface area contributed by atoms with Gasteiger partial charge in [-0.1, -0.05) is 24.3 Å². The Morgan fingerprint density at radius 3 is 2.61 bits per heavy atom. The van der Waals surface area contributed by atoms with E-state index in [-0.39, 0.29) is 5.69 Å². The average Bonchev–Trinajstić information content (AvgIpc) is 2.88. The third-order valence-corrected chi connectivity index (χ3v) is 5.14. The largest absolute Gasteiger partial charge is 0.467 e. The van der Waals surface area contributed by atoms with Gasteiger partial charge in [-0.2, -0.15) is 0 Å². The number of benzene rings is 2. The fourth-order valence-corrected chi connectivity index (χ4v) is 3.68. The predicted molar refractivity (Wildman–Crippen MR) is 99.7 cm³/mol. The van der Waals surface area contributed by atoms with E-state index in [0.29, 0.717) is 17.0 Å². The molecule has 9 heteroatoms. The Labute approximate surface area is 160 Å². The van der Waals surface area contributed by atoms with Crippen LogP contribution in [0.5, 0.6) is 5.75 Å². The van der Waals surface area contributed by atoms with Gasteiger partial charge in [-0.15, -0.1) is 0 Å². The second kappa shape index (κ2) is 6.52. The molecule has 3 unspecified atom stereocenters. The maximum Gasteiger partial charge on any atom is 0.329 e. The molecule has 0 aliphatic carbocycles. The van der Waals surface area contributed by atoms with Crippen molar-refractivity contribution in [1.82, 2.24) is 9.80 Å². The zero-order valence-electron chi connectivity index (χ0n) is 15.2. The van der Waals surface area contributed by atoms with Gasteiger partial charge in [0.1, 0.15) is 11.7 Å². The first kappa shape index (κ1) is 17.8. The molecule has 1 N–H and O–H groups in total. The minimum absolute atomic E-state index is 0.0738. The van der Waals surface area contributed by atoms with E-state index in [1.807, 2.05) is 6.07 Å². The number of para-hydroxylation sites is 2. The lowest BCUT2D eigenvalue weighted by molar-refractivity contribution is -0.384. The number of carbonyl (C=O) groups excluding carboxylic acids is 2. The molecule has 0 aromatic heterocycles. The average molecular weight is 382 g/mol. The number of urea groups is 1. The fourth-order valence-electron chi connectivity index (χ4n) is 3.68. The highest BCUT2D eigenvalue weighted by Gasteiger charge is 2.50. The van der Waals surface area contributed by atoms with E-state index in [1.165, 1.54) is 24.1 Å². The van der Waals surface area contributed by atoms with Crippen LogP contribution in [0.2, 0.25) is 0 Å². The molecule has 1 fully saturated rings. The summed E-state index contributed by atoms with van der Waals surface area (Å²) in [6, 6.07) is 12.2. The Morgan fingerprint density at radius 2 is 1.86 bits per heavy atom. The highest BCUT2D eigenvalue weighted by molar-refractivity contribution is 5.99. The number of carbonyl (C=O) groups is 2. The monoisotopic (exact) mass is 382 g/mol. The van der Waals surface area contributed by atoms with Crippen molar-refractivity contribution in [3.8, 4) is 5.75 Å². The molecule has 2 aliphatic heterocycles. The highest BCUT2D eigenvalue weighted by atomic mass is 16.6. The molecular weight excluding hydrogens is 364 g/mol. The quantitative estimate of drug-likeness (QED) is 0.632.